The highest BCUT2D eigenvalue weighted by Crippen LogP contribution is 2.19. The van der Waals surface area contributed by atoms with Gasteiger partial charge in [0.25, 0.3) is 0 Å². The van der Waals surface area contributed by atoms with Crippen LogP contribution in [0, 0.1) is 12.8 Å². The summed E-state index contributed by atoms with van der Waals surface area (Å²) in [6.07, 6.45) is 5.73. The van der Waals surface area contributed by atoms with Crippen LogP contribution in [-0.2, 0) is 11.3 Å². The Balaban J connectivity index is 1.57. The lowest BCUT2D eigenvalue weighted by atomic mass is 10.0. The SMILES string of the molecule is Cc1cc(Nc2cnc3cnn(C[C@@H]4CCCOC4)c3n2)n[nH]1. The molecule has 8 heteroatoms. The van der Waals surface area contributed by atoms with Gasteiger partial charge in [-0.15, -0.1) is 0 Å². The standard InChI is InChI=1S/C15H19N7O/c1-10-5-13(21-20-10)18-14-7-16-12-6-17-22(15(12)19-14)8-11-3-2-4-23-9-11/h5-7,11H,2-4,8-9H2,1H3,(H2,18,19,20,21)/t11-/m0/s1. The molecule has 1 saturated heterocycles. The van der Waals surface area contributed by atoms with Crippen molar-refractivity contribution in [2.75, 3.05) is 18.5 Å². The van der Waals surface area contributed by atoms with Crippen LogP contribution in [0.5, 0.6) is 0 Å². The average Bonchev–Trinajstić information content (AvgIpc) is 3.15. The minimum Gasteiger partial charge on any atom is -0.381 e. The van der Waals surface area contributed by atoms with Crippen molar-refractivity contribution in [1.29, 1.82) is 0 Å². The molecular formula is C15H19N7O. The molecular weight excluding hydrogens is 294 g/mol. The molecule has 0 aromatic carbocycles. The van der Waals surface area contributed by atoms with Crippen LogP contribution in [-0.4, -0.2) is 43.2 Å². The molecule has 1 aliphatic heterocycles. The molecule has 0 radical (unpaired) electrons. The van der Waals surface area contributed by atoms with E-state index >= 15 is 0 Å². The average molecular weight is 313 g/mol. The van der Waals surface area contributed by atoms with Crippen molar-refractivity contribution >= 4 is 22.8 Å². The lowest BCUT2D eigenvalue weighted by molar-refractivity contribution is 0.0474. The summed E-state index contributed by atoms with van der Waals surface area (Å²) >= 11 is 0. The molecule has 120 valence electrons. The van der Waals surface area contributed by atoms with Gasteiger partial charge in [-0.1, -0.05) is 0 Å². The summed E-state index contributed by atoms with van der Waals surface area (Å²) in [5.41, 5.74) is 2.57. The molecule has 0 amide bonds. The smallest absolute Gasteiger partial charge is 0.178 e. The summed E-state index contributed by atoms with van der Waals surface area (Å²) < 4.78 is 7.47. The highest BCUT2D eigenvalue weighted by Gasteiger charge is 2.17. The van der Waals surface area contributed by atoms with Crippen molar-refractivity contribution in [2.45, 2.75) is 26.3 Å². The summed E-state index contributed by atoms with van der Waals surface area (Å²) in [4.78, 5) is 9.06. The first kappa shape index (κ1) is 14.1. The van der Waals surface area contributed by atoms with Crippen molar-refractivity contribution in [3.05, 3.63) is 24.2 Å². The second kappa shape index (κ2) is 5.96. The van der Waals surface area contributed by atoms with E-state index in [-0.39, 0.29) is 0 Å². The summed E-state index contributed by atoms with van der Waals surface area (Å²) in [5.74, 6) is 1.87. The topological polar surface area (TPSA) is 93.5 Å². The van der Waals surface area contributed by atoms with Crippen LogP contribution in [0.4, 0.5) is 11.6 Å². The van der Waals surface area contributed by atoms with Crippen molar-refractivity contribution in [3.8, 4) is 0 Å². The summed E-state index contributed by atoms with van der Waals surface area (Å²) in [7, 11) is 0. The first-order valence-corrected chi connectivity index (χ1v) is 7.83. The summed E-state index contributed by atoms with van der Waals surface area (Å²) in [6.45, 7) is 4.42. The molecule has 1 atom stereocenters. The number of nitrogens with zero attached hydrogens (tertiary/aromatic N) is 5. The van der Waals surface area contributed by atoms with Gasteiger partial charge in [0.05, 0.1) is 19.0 Å². The highest BCUT2D eigenvalue weighted by atomic mass is 16.5. The third-order valence-electron chi connectivity index (χ3n) is 3.99. The number of aromatic nitrogens is 6. The number of rotatable bonds is 4. The van der Waals surface area contributed by atoms with E-state index in [1.165, 1.54) is 6.42 Å². The Kier molecular flexibility index (Phi) is 3.66. The Labute approximate surface area is 133 Å². The van der Waals surface area contributed by atoms with Crippen molar-refractivity contribution in [2.24, 2.45) is 5.92 Å². The number of hydrogen-bond donors (Lipinski definition) is 2. The van der Waals surface area contributed by atoms with Gasteiger partial charge in [-0.2, -0.15) is 10.2 Å². The van der Waals surface area contributed by atoms with Crippen LogP contribution in [0.2, 0.25) is 0 Å². The summed E-state index contributed by atoms with van der Waals surface area (Å²) in [5, 5.41) is 14.6. The fourth-order valence-corrected chi connectivity index (χ4v) is 2.85. The number of aromatic amines is 1. The quantitative estimate of drug-likeness (QED) is 0.765. The van der Waals surface area contributed by atoms with Crippen molar-refractivity contribution in [3.63, 3.8) is 0 Å². The van der Waals surface area contributed by atoms with Gasteiger partial charge in [-0.05, 0) is 19.8 Å². The maximum absolute atomic E-state index is 5.55. The van der Waals surface area contributed by atoms with E-state index in [1.54, 1.807) is 12.4 Å². The van der Waals surface area contributed by atoms with E-state index in [0.717, 1.165) is 48.9 Å². The monoisotopic (exact) mass is 313 g/mol. The van der Waals surface area contributed by atoms with Gasteiger partial charge in [0.15, 0.2) is 17.3 Å². The van der Waals surface area contributed by atoms with Gasteiger partial charge in [0.1, 0.15) is 5.52 Å². The number of ether oxygens (including phenoxy) is 1. The molecule has 3 aromatic rings. The molecule has 4 heterocycles. The van der Waals surface area contributed by atoms with Crippen LogP contribution >= 0.6 is 0 Å². The van der Waals surface area contributed by atoms with Crippen molar-refractivity contribution < 1.29 is 4.74 Å². The van der Waals surface area contributed by atoms with Gasteiger partial charge in [0.2, 0.25) is 0 Å². The van der Waals surface area contributed by atoms with E-state index in [1.807, 2.05) is 17.7 Å². The first-order valence-electron chi connectivity index (χ1n) is 7.83. The Bertz CT molecular complexity index is 803. The largest absolute Gasteiger partial charge is 0.381 e. The van der Waals surface area contributed by atoms with Crippen LogP contribution < -0.4 is 5.32 Å². The zero-order valence-electron chi connectivity index (χ0n) is 13.0. The van der Waals surface area contributed by atoms with Gasteiger partial charge in [-0.25, -0.2) is 14.6 Å². The Morgan fingerprint density at radius 3 is 3.13 bits per heavy atom. The van der Waals surface area contributed by atoms with E-state index in [4.69, 9.17) is 4.74 Å². The maximum Gasteiger partial charge on any atom is 0.178 e. The molecule has 1 fully saturated rings. The Morgan fingerprint density at radius 2 is 2.35 bits per heavy atom. The van der Waals surface area contributed by atoms with E-state index in [2.05, 4.69) is 30.6 Å². The third-order valence-corrected chi connectivity index (χ3v) is 3.99. The van der Waals surface area contributed by atoms with E-state index in [9.17, 15) is 0 Å². The lowest BCUT2D eigenvalue weighted by Gasteiger charge is -2.21. The highest BCUT2D eigenvalue weighted by molar-refractivity contribution is 5.71. The minimum absolute atomic E-state index is 0.485. The van der Waals surface area contributed by atoms with Gasteiger partial charge >= 0.3 is 0 Å². The second-order valence-electron chi connectivity index (χ2n) is 5.94. The number of hydrogen-bond acceptors (Lipinski definition) is 6. The van der Waals surface area contributed by atoms with Crippen LogP contribution in [0.25, 0.3) is 11.2 Å². The van der Waals surface area contributed by atoms with Crippen LogP contribution in [0.15, 0.2) is 18.5 Å². The zero-order valence-corrected chi connectivity index (χ0v) is 13.0. The molecule has 23 heavy (non-hydrogen) atoms. The minimum atomic E-state index is 0.485. The summed E-state index contributed by atoms with van der Waals surface area (Å²) in [6, 6.07) is 1.92. The molecule has 0 spiro atoms. The van der Waals surface area contributed by atoms with E-state index < -0.39 is 0 Å². The fraction of sp³-hybridized carbons (Fsp3) is 0.467. The predicted octanol–water partition coefficient (Wildman–Crippen LogP) is 2.03. The number of fused-ring (bicyclic) bond motifs is 1. The molecule has 0 unspecified atom stereocenters. The second-order valence-corrected chi connectivity index (χ2v) is 5.94. The molecule has 0 aliphatic carbocycles. The molecule has 4 rings (SSSR count). The molecule has 8 nitrogen and oxygen atoms in total. The molecule has 3 aromatic heterocycles. The van der Waals surface area contributed by atoms with E-state index in [0.29, 0.717) is 11.7 Å². The number of H-pyrrole nitrogens is 1. The molecule has 0 bridgehead atoms. The Morgan fingerprint density at radius 1 is 1.39 bits per heavy atom. The molecule has 0 saturated carbocycles. The van der Waals surface area contributed by atoms with Crippen molar-refractivity contribution in [1.82, 2.24) is 29.9 Å². The normalized spacial score (nSPS) is 18.4. The number of anilines is 2. The molecule has 1 aliphatic rings. The van der Waals surface area contributed by atoms with Gasteiger partial charge in [0, 0.05) is 30.8 Å². The third kappa shape index (κ3) is 3.02. The number of aryl methyl sites for hydroxylation is 1. The fourth-order valence-electron chi connectivity index (χ4n) is 2.85. The van der Waals surface area contributed by atoms with Crippen LogP contribution in [0.1, 0.15) is 18.5 Å². The lowest BCUT2D eigenvalue weighted by Crippen LogP contribution is -2.22. The predicted molar refractivity (Wildman–Crippen MR) is 85.5 cm³/mol. The maximum atomic E-state index is 5.55. The zero-order chi connectivity index (χ0) is 15.6. The van der Waals surface area contributed by atoms with Gasteiger partial charge < -0.3 is 10.1 Å². The first-order chi connectivity index (χ1) is 11.3. The van der Waals surface area contributed by atoms with Gasteiger partial charge in [-0.3, -0.25) is 5.10 Å². The number of nitrogens with one attached hydrogen (secondary N) is 2. The molecule has 2 N–H and O–H groups in total. The Hall–Kier alpha value is -2.48. The van der Waals surface area contributed by atoms with Crippen LogP contribution in [0.3, 0.4) is 0 Å².